The van der Waals surface area contributed by atoms with E-state index in [0.717, 1.165) is 38.9 Å². The maximum atomic E-state index is 12.4. The van der Waals surface area contributed by atoms with Gasteiger partial charge in [0.15, 0.2) is 5.78 Å². The van der Waals surface area contributed by atoms with E-state index in [1.165, 1.54) is 11.8 Å². The van der Waals surface area contributed by atoms with Crippen molar-refractivity contribution in [1.82, 2.24) is 9.88 Å². The number of likely N-dealkylation sites (tertiary alicyclic amines) is 1. The van der Waals surface area contributed by atoms with Gasteiger partial charge >= 0.3 is 0 Å². The molecule has 1 aliphatic rings. The lowest BCUT2D eigenvalue weighted by molar-refractivity contribution is -0.123. The van der Waals surface area contributed by atoms with Crippen molar-refractivity contribution in [2.24, 2.45) is 5.92 Å². The van der Waals surface area contributed by atoms with E-state index in [1.54, 1.807) is 18.3 Å². The van der Waals surface area contributed by atoms with Gasteiger partial charge in [-0.15, -0.1) is 0 Å². The summed E-state index contributed by atoms with van der Waals surface area (Å²) in [4.78, 5) is 30.9. The molecule has 25 heavy (non-hydrogen) atoms. The van der Waals surface area contributed by atoms with E-state index in [1.807, 2.05) is 6.07 Å². The highest BCUT2D eigenvalue weighted by Gasteiger charge is 2.26. The Morgan fingerprint density at radius 3 is 2.48 bits per heavy atom. The molecule has 0 unspecified atom stereocenters. The van der Waals surface area contributed by atoms with Crippen LogP contribution in [0.1, 0.15) is 35.2 Å². The third-order valence-corrected chi connectivity index (χ3v) is 4.92. The normalized spacial score (nSPS) is 15.8. The molecule has 3 rings (SSSR count). The lowest BCUT2D eigenvalue weighted by atomic mass is 9.89. The molecule has 1 aliphatic heterocycles. The molecule has 0 bridgehead atoms. The van der Waals surface area contributed by atoms with Crippen LogP contribution in [0.15, 0.2) is 54.9 Å². The van der Waals surface area contributed by atoms with Gasteiger partial charge in [0.05, 0.1) is 6.42 Å². The van der Waals surface area contributed by atoms with E-state index in [4.69, 9.17) is 0 Å². The molecular weight excluding hydrogens is 312 g/mol. The number of pyridine rings is 1. The Labute approximate surface area is 148 Å². The molecule has 4 heteroatoms. The molecule has 0 N–H and O–H groups in total. The van der Waals surface area contributed by atoms with Crippen molar-refractivity contribution in [1.29, 1.82) is 0 Å². The van der Waals surface area contributed by atoms with Crippen LogP contribution in [0.3, 0.4) is 0 Å². The molecule has 0 amide bonds. The lowest BCUT2D eigenvalue weighted by Crippen LogP contribution is -2.37. The van der Waals surface area contributed by atoms with Crippen molar-refractivity contribution < 1.29 is 9.59 Å². The van der Waals surface area contributed by atoms with Crippen LogP contribution in [-0.4, -0.2) is 41.1 Å². The van der Waals surface area contributed by atoms with Gasteiger partial charge in [0.25, 0.3) is 0 Å². The highest BCUT2D eigenvalue weighted by atomic mass is 16.1. The van der Waals surface area contributed by atoms with Crippen LogP contribution in [0.4, 0.5) is 0 Å². The van der Waals surface area contributed by atoms with Crippen LogP contribution in [0, 0.1) is 5.92 Å². The fourth-order valence-electron chi connectivity index (χ4n) is 3.34. The van der Waals surface area contributed by atoms with Crippen molar-refractivity contribution in [2.45, 2.75) is 25.7 Å². The maximum Gasteiger partial charge on any atom is 0.171 e. The summed E-state index contributed by atoms with van der Waals surface area (Å²) in [6.07, 6.45) is 5.91. The van der Waals surface area contributed by atoms with Gasteiger partial charge in [0.2, 0.25) is 0 Å². The average molecular weight is 336 g/mol. The van der Waals surface area contributed by atoms with Crippen molar-refractivity contribution >= 4 is 11.6 Å². The molecule has 1 aromatic heterocycles. The average Bonchev–Trinajstić information content (AvgIpc) is 2.68. The third-order valence-electron chi connectivity index (χ3n) is 4.92. The zero-order chi connectivity index (χ0) is 17.5. The summed E-state index contributed by atoms with van der Waals surface area (Å²) in [5.41, 5.74) is 1.87. The fourth-order valence-corrected chi connectivity index (χ4v) is 3.34. The Morgan fingerprint density at radius 2 is 1.80 bits per heavy atom. The van der Waals surface area contributed by atoms with Gasteiger partial charge in [0, 0.05) is 30.4 Å². The minimum Gasteiger partial charge on any atom is -0.303 e. The first-order valence-corrected chi connectivity index (χ1v) is 8.94. The molecule has 1 saturated heterocycles. The smallest absolute Gasteiger partial charge is 0.171 e. The van der Waals surface area contributed by atoms with Crippen LogP contribution < -0.4 is 0 Å². The highest BCUT2D eigenvalue weighted by Crippen LogP contribution is 2.20. The molecule has 1 aromatic carbocycles. The Balaban J connectivity index is 1.42. The van der Waals surface area contributed by atoms with Crippen LogP contribution in [-0.2, 0) is 11.2 Å². The quantitative estimate of drug-likeness (QED) is 0.576. The number of rotatable bonds is 7. The summed E-state index contributed by atoms with van der Waals surface area (Å²) in [7, 11) is 0. The second-order valence-electron chi connectivity index (χ2n) is 6.66. The molecule has 2 aromatic rings. The van der Waals surface area contributed by atoms with E-state index < -0.39 is 0 Å². The van der Waals surface area contributed by atoms with Gasteiger partial charge in [-0.05, 0) is 50.0 Å². The van der Waals surface area contributed by atoms with Gasteiger partial charge in [-0.1, -0.05) is 30.3 Å². The van der Waals surface area contributed by atoms with Gasteiger partial charge in [-0.25, -0.2) is 0 Å². The summed E-state index contributed by atoms with van der Waals surface area (Å²) in [5.74, 6) is -0.0187. The molecule has 4 nitrogen and oxygen atoms in total. The molecular formula is C21H24N2O2. The number of aromatic nitrogens is 1. The number of hydrogen-bond acceptors (Lipinski definition) is 4. The number of carbonyl (C=O) groups excluding carboxylic acids is 2. The summed E-state index contributed by atoms with van der Waals surface area (Å²) in [6.45, 7) is 2.90. The zero-order valence-electron chi connectivity index (χ0n) is 14.4. The predicted octanol–water partition coefficient (Wildman–Crippen LogP) is 3.18. The number of hydrogen-bond donors (Lipinski definition) is 0. The maximum absolute atomic E-state index is 12.4. The topological polar surface area (TPSA) is 50.3 Å². The van der Waals surface area contributed by atoms with E-state index in [0.29, 0.717) is 5.56 Å². The summed E-state index contributed by atoms with van der Waals surface area (Å²) < 4.78 is 0. The van der Waals surface area contributed by atoms with Crippen molar-refractivity contribution in [2.75, 3.05) is 19.6 Å². The van der Waals surface area contributed by atoms with Crippen molar-refractivity contribution in [3.05, 3.63) is 66.0 Å². The second kappa shape index (κ2) is 8.67. The number of ketones is 2. The van der Waals surface area contributed by atoms with Crippen molar-refractivity contribution in [3.63, 3.8) is 0 Å². The molecule has 0 saturated carbocycles. The summed E-state index contributed by atoms with van der Waals surface area (Å²) in [6, 6.07) is 13.9. The summed E-state index contributed by atoms with van der Waals surface area (Å²) in [5, 5.41) is 0. The number of nitrogens with zero attached hydrogens (tertiary/aromatic N) is 2. The van der Waals surface area contributed by atoms with Crippen LogP contribution in [0.5, 0.6) is 0 Å². The Hall–Kier alpha value is -2.33. The van der Waals surface area contributed by atoms with Gasteiger partial charge < -0.3 is 4.90 Å². The van der Waals surface area contributed by atoms with Gasteiger partial charge in [-0.2, -0.15) is 0 Å². The predicted molar refractivity (Wildman–Crippen MR) is 97.5 cm³/mol. The minimum absolute atomic E-state index is 0.000372. The van der Waals surface area contributed by atoms with E-state index >= 15 is 0 Å². The van der Waals surface area contributed by atoms with E-state index in [2.05, 4.69) is 34.1 Å². The van der Waals surface area contributed by atoms with Crippen molar-refractivity contribution in [3.8, 4) is 0 Å². The van der Waals surface area contributed by atoms with Crippen LogP contribution in [0.2, 0.25) is 0 Å². The molecule has 2 heterocycles. The van der Waals surface area contributed by atoms with Crippen LogP contribution >= 0.6 is 0 Å². The second-order valence-corrected chi connectivity index (χ2v) is 6.66. The first-order chi connectivity index (χ1) is 12.2. The first kappa shape index (κ1) is 17.5. The number of Topliss-reactive ketones (excluding diaryl/α,β-unsaturated/α-hetero) is 2. The fraction of sp³-hybridized carbons (Fsp3) is 0.381. The SMILES string of the molecule is O=C(CC(=O)C1CCN(CCc2ccccc2)CC1)c1cccnc1. The Bertz CT molecular complexity index is 692. The molecule has 0 radical (unpaired) electrons. The van der Waals surface area contributed by atoms with Gasteiger partial charge in [-0.3, -0.25) is 14.6 Å². The Morgan fingerprint density at radius 1 is 1.04 bits per heavy atom. The third kappa shape index (κ3) is 5.07. The van der Waals surface area contributed by atoms with E-state index in [9.17, 15) is 9.59 Å². The molecule has 0 aliphatic carbocycles. The van der Waals surface area contributed by atoms with E-state index in [-0.39, 0.29) is 23.9 Å². The number of carbonyl (C=O) groups is 2. The number of benzene rings is 1. The Kier molecular flexibility index (Phi) is 6.07. The standard InChI is InChI=1S/C21H24N2O2/c24-20(15-21(25)19-7-4-11-22-16-19)18-9-13-23(14-10-18)12-8-17-5-2-1-3-6-17/h1-7,11,16,18H,8-10,12-15H2. The molecule has 130 valence electrons. The largest absolute Gasteiger partial charge is 0.303 e. The van der Waals surface area contributed by atoms with Crippen LogP contribution in [0.25, 0.3) is 0 Å². The molecule has 0 atom stereocenters. The zero-order valence-corrected chi connectivity index (χ0v) is 14.4. The minimum atomic E-state index is -0.121. The highest BCUT2D eigenvalue weighted by molar-refractivity contribution is 6.08. The summed E-state index contributed by atoms with van der Waals surface area (Å²) >= 11 is 0. The number of piperidine rings is 1. The molecule has 1 fully saturated rings. The molecule has 0 spiro atoms. The lowest BCUT2D eigenvalue weighted by Gasteiger charge is -2.31. The monoisotopic (exact) mass is 336 g/mol. The first-order valence-electron chi connectivity index (χ1n) is 8.94. The van der Waals surface area contributed by atoms with Gasteiger partial charge in [0.1, 0.15) is 5.78 Å².